The zero-order valence-corrected chi connectivity index (χ0v) is 9.99. The van der Waals surface area contributed by atoms with Crippen LogP contribution >= 0.6 is 11.6 Å². The van der Waals surface area contributed by atoms with E-state index in [-0.39, 0.29) is 0 Å². The summed E-state index contributed by atoms with van der Waals surface area (Å²) in [5.41, 5.74) is 1.69. The molecule has 2 heterocycles. The normalized spacial score (nSPS) is 10.7. The zero-order valence-electron chi connectivity index (χ0n) is 9.24. The van der Waals surface area contributed by atoms with E-state index in [2.05, 4.69) is 15.3 Å². The molecule has 0 radical (unpaired) electrons. The van der Waals surface area contributed by atoms with Crippen LogP contribution in [-0.2, 0) is 13.6 Å². The van der Waals surface area contributed by atoms with Gasteiger partial charge in [-0.05, 0) is 19.2 Å². The molecule has 0 aliphatic rings. The van der Waals surface area contributed by atoms with E-state index in [4.69, 9.17) is 11.6 Å². The van der Waals surface area contributed by atoms with E-state index in [9.17, 15) is 0 Å². The number of nitrogens with one attached hydrogen (secondary N) is 1. The summed E-state index contributed by atoms with van der Waals surface area (Å²) in [5, 5.41) is 3.55. The minimum absolute atomic E-state index is 0.492. The molecule has 0 bridgehead atoms. The van der Waals surface area contributed by atoms with Crippen LogP contribution in [0.3, 0.4) is 0 Å². The molecule has 0 amide bonds. The molecule has 0 saturated carbocycles. The minimum Gasteiger partial charge on any atom is -0.327 e. The van der Waals surface area contributed by atoms with Gasteiger partial charge in [-0.1, -0.05) is 17.7 Å². The van der Waals surface area contributed by atoms with E-state index in [0.717, 1.165) is 17.2 Å². The summed E-state index contributed by atoms with van der Waals surface area (Å²) in [6, 6.07) is 5.73. The number of nitrogens with zero attached hydrogens (tertiary/aromatic N) is 3. The molecule has 0 unspecified atom stereocenters. The fourth-order valence-electron chi connectivity index (χ4n) is 1.61. The highest BCUT2D eigenvalue weighted by Crippen LogP contribution is 2.26. The number of aromatic nitrogens is 3. The van der Waals surface area contributed by atoms with Gasteiger partial charge in [-0.15, -0.1) is 0 Å². The summed E-state index contributed by atoms with van der Waals surface area (Å²) in [6.07, 6.45) is 1.75. The van der Waals surface area contributed by atoms with E-state index in [1.54, 1.807) is 6.20 Å². The van der Waals surface area contributed by atoms with Crippen LogP contribution in [0.2, 0.25) is 5.15 Å². The van der Waals surface area contributed by atoms with Crippen molar-refractivity contribution in [3.05, 3.63) is 35.4 Å². The van der Waals surface area contributed by atoms with E-state index in [1.807, 2.05) is 36.9 Å². The van der Waals surface area contributed by atoms with E-state index >= 15 is 0 Å². The Bertz CT molecular complexity index is 478. The van der Waals surface area contributed by atoms with Gasteiger partial charge in [0, 0.05) is 13.2 Å². The summed E-state index contributed by atoms with van der Waals surface area (Å²) in [6.45, 7) is 0.684. The van der Waals surface area contributed by atoms with Crippen LogP contribution in [-0.4, -0.2) is 21.6 Å². The van der Waals surface area contributed by atoms with Gasteiger partial charge in [0.2, 0.25) is 0 Å². The quantitative estimate of drug-likeness (QED) is 0.885. The topological polar surface area (TPSA) is 42.7 Å². The van der Waals surface area contributed by atoms with Gasteiger partial charge in [0.05, 0.1) is 12.2 Å². The maximum absolute atomic E-state index is 6.12. The van der Waals surface area contributed by atoms with Gasteiger partial charge < -0.3 is 9.88 Å². The van der Waals surface area contributed by atoms with Crippen LogP contribution in [0.25, 0.3) is 11.4 Å². The summed E-state index contributed by atoms with van der Waals surface area (Å²) in [4.78, 5) is 8.58. The second-order valence-electron chi connectivity index (χ2n) is 3.47. The molecule has 0 spiro atoms. The molecule has 0 aliphatic heterocycles. The van der Waals surface area contributed by atoms with Crippen molar-refractivity contribution in [2.24, 2.45) is 7.05 Å². The molecule has 0 fully saturated rings. The van der Waals surface area contributed by atoms with Gasteiger partial charge in [0.1, 0.15) is 11.5 Å². The van der Waals surface area contributed by atoms with Crippen molar-refractivity contribution in [1.82, 2.24) is 19.9 Å². The Balaban J connectivity index is 2.49. The third kappa shape index (κ3) is 1.94. The van der Waals surface area contributed by atoms with Gasteiger partial charge >= 0.3 is 0 Å². The lowest BCUT2D eigenvalue weighted by Crippen LogP contribution is -2.10. The van der Waals surface area contributed by atoms with Crippen molar-refractivity contribution in [2.75, 3.05) is 7.05 Å². The first-order valence-electron chi connectivity index (χ1n) is 5.01. The molecule has 84 valence electrons. The number of rotatable bonds is 3. The summed E-state index contributed by atoms with van der Waals surface area (Å²) < 4.78 is 1.96. The highest BCUT2D eigenvalue weighted by Gasteiger charge is 2.14. The highest BCUT2D eigenvalue weighted by atomic mass is 35.5. The van der Waals surface area contributed by atoms with Crippen molar-refractivity contribution >= 4 is 11.6 Å². The Hall–Kier alpha value is -1.39. The lowest BCUT2D eigenvalue weighted by Gasteiger charge is -2.04. The van der Waals surface area contributed by atoms with Crippen molar-refractivity contribution in [1.29, 1.82) is 0 Å². The lowest BCUT2D eigenvalue weighted by molar-refractivity contribution is 0.711. The first-order valence-corrected chi connectivity index (χ1v) is 5.39. The largest absolute Gasteiger partial charge is 0.327 e. The molecule has 2 aromatic heterocycles. The Morgan fingerprint density at radius 1 is 1.44 bits per heavy atom. The number of imidazole rings is 1. The highest BCUT2D eigenvalue weighted by molar-refractivity contribution is 6.31. The summed E-state index contributed by atoms with van der Waals surface area (Å²) in [7, 11) is 3.82. The second kappa shape index (κ2) is 4.63. The Morgan fingerprint density at radius 3 is 2.88 bits per heavy atom. The molecular weight excluding hydrogens is 224 g/mol. The number of hydrogen-bond donors (Lipinski definition) is 1. The SMILES string of the molecule is CNCc1nc(Cl)c(-c2ccccn2)n1C. The monoisotopic (exact) mass is 236 g/mol. The first kappa shape index (κ1) is 11.1. The van der Waals surface area contributed by atoms with Gasteiger partial charge in [-0.3, -0.25) is 4.98 Å². The molecule has 0 atom stereocenters. The smallest absolute Gasteiger partial charge is 0.157 e. The first-order chi connectivity index (χ1) is 7.74. The van der Waals surface area contributed by atoms with Gasteiger partial charge in [-0.25, -0.2) is 4.98 Å². The van der Waals surface area contributed by atoms with Crippen LogP contribution in [0.15, 0.2) is 24.4 Å². The van der Waals surface area contributed by atoms with Crippen LogP contribution in [0, 0.1) is 0 Å². The number of pyridine rings is 1. The Labute approximate surface area is 99.3 Å². The van der Waals surface area contributed by atoms with E-state index in [1.165, 1.54) is 0 Å². The lowest BCUT2D eigenvalue weighted by atomic mass is 10.3. The Kier molecular flexibility index (Phi) is 3.22. The number of halogens is 1. The van der Waals surface area contributed by atoms with Crippen LogP contribution in [0.1, 0.15) is 5.82 Å². The molecular formula is C11H13ClN4. The molecule has 4 nitrogen and oxygen atoms in total. The van der Waals surface area contributed by atoms with Crippen LogP contribution in [0.5, 0.6) is 0 Å². The van der Waals surface area contributed by atoms with Crippen LogP contribution in [0.4, 0.5) is 0 Å². The van der Waals surface area contributed by atoms with Gasteiger partial charge in [0.25, 0.3) is 0 Å². The number of hydrogen-bond acceptors (Lipinski definition) is 3. The van der Waals surface area contributed by atoms with E-state index < -0.39 is 0 Å². The third-order valence-corrected chi connectivity index (χ3v) is 2.65. The predicted molar refractivity (Wildman–Crippen MR) is 64.2 cm³/mol. The van der Waals surface area contributed by atoms with Crippen molar-refractivity contribution < 1.29 is 0 Å². The van der Waals surface area contributed by atoms with Crippen molar-refractivity contribution in [2.45, 2.75) is 6.54 Å². The summed E-state index contributed by atoms with van der Waals surface area (Å²) in [5.74, 6) is 0.896. The standard InChI is InChI=1S/C11H13ClN4/c1-13-7-9-15-11(12)10(16(9)2)8-5-3-4-6-14-8/h3-6,13H,7H2,1-2H3. The van der Waals surface area contributed by atoms with Crippen LogP contribution < -0.4 is 5.32 Å². The molecule has 1 N–H and O–H groups in total. The average molecular weight is 237 g/mol. The maximum atomic E-state index is 6.12. The molecule has 0 aliphatic carbocycles. The van der Waals surface area contributed by atoms with Gasteiger partial charge in [0.15, 0.2) is 5.15 Å². The fraction of sp³-hybridized carbons (Fsp3) is 0.273. The Morgan fingerprint density at radius 2 is 2.25 bits per heavy atom. The molecule has 0 saturated heterocycles. The molecule has 5 heteroatoms. The van der Waals surface area contributed by atoms with E-state index in [0.29, 0.717) is 11.7 Å². The molecule has 0 aromatic carbocycles. The van der Waals surface area contributed by atoms with Crippen molar-refractivity contribution in [3.8, 4) is 11.4 Å². The van der Waals surface area contributed by atoms with Crippen molar-refractivity contribution in [3.63, 3.8) is 0 Å². The minimum atomic E-state index is 0.492. The zero-order chi connectivity index (χ0) is 11.5. The third-order valence-electron chi connectivity index (χ3n) is 2.39. The molecule has 2 rings (SSSR count). The molecule has 16 heavy (non-hydrogen) atoms. The fourth-order valence-corrected chi connectivity index (χ4v) is 1.93. The average Bonchev–Trinajstić information content (AvgIpc) is 2.56. The second-order valence-corrected chi connectivity index (χ2v) is 3.83. The summed E-state index contributed by atoms with van der Waals surface area (Å²) >= 11 is 6.12. The predicted octanol–water partition coefficient (Wildman–Crippen LogP) is 1.85. The maximum Gasteiger partial charge on any atom is 0.157 e. The molecule has 2 aromatic rings. The van der Waals surface area contributed by atoms with Gasteiger partial charge in [-0.2, -0.15) is 0 Å².